The summed E-state index contributed by atoms with van der Waals surface area (Å²) in [5.74, 6) is 0.823. The van der Waals surface area contributed by atoms with Gasteiger partial charge in [-0.05, 0) is 73.2 Å². The highest BCUT2D eigenvalue weighted by Gasteiger charge is 2.47. The molecule has 1 aliphatic heterocycles. The maximum atomic E-state index is 12.0. The van der Waals surface area contributed by atoms with Gasteiger partial charge < -0.3 is 14.8 Å². The van der Waals surface area contributed by atoms with Crippen molar-refractivity contribution in [3.05, 3.63) is 64.2 Å². The lowest BCUT2D eigenvalue weighted by atomic mass is 9.58. The normalized spacial score (nSPS) is 18.9. The molecule has 0 aromatic heterocycles. The first kappa shape index (κ1) is 27.2. The van der Waals surface area contributed by atoms with E-state index in [4.69, 9.17) is 21.1 Å². The molecule has 0 radical (unpaired) electrons. The van der Waals surface area contributed by atoms with E-state index in [0.29, 0.717) is 19.6 Å². The van der Waals surface area contributed by atoms with Crippen LogP contribution in [0.3, 0.4) is 0 Å². The highest BCUT2D eigenvalue weighted by Crippen LogP contribution is 2.53. The smallest absolute Gasteiger partial charge is 0.211 e. The van der Waals surface area contributed by atoms with Crippen LogP contribution in [0.25, 0.3) is 0 Å². The second-order valence-corrected chi connectivity index (χ2v) is 11.3. The van der Waals surface area contributed by atoms with Gasteiger partial charge in [-0.25, -0.2) is 13.1 Å². The zero-order valence-electron chi connectivity index (χ0n) is 19.5. The number of halogens is 2. The Morgan fingerprint density at radius 3 is 2.59 bits per heavy atom. The summed E-state index contributed by atoms with van der Waals surface area (Å²) < 4.78 is 37.4. The summed E-state index contributed by atoms with van der Waals surface area (Å²) in [5.41, 5.74) is 4.06. The predicted octanol–water partition coefficient (Wildman–Crippen LogP) is 4.41. The Hall–Kier alpha value is -1.35. The lowest BCUT2D eigenvalue weighted by Crippen LogP contribution is -2.49. The number of nitrogens with one attached hydrogen (secondary N) is 2. The monoisotopic (exact) mass is 528 g/mol. The summed E-state index contributed by atoms with van der Waals surface area (Å²) in [4.78, 5) is 0. The highest BCUT2D eigenvalue weighted by atomic mass is 35.5. The number of rotatable bonds is 11. The van der Waals surface area contributed by atoms with Crippen LogP contribution in [0.5, 0.6) is 5.75 Å². The maximum absolute atomic E-state index is 12.0. The molecule has 2 aromatic rings. The van der Waals surface area contributed by atoms with Gasteiger partial charge in [-0.3, -0.25) is 0 Å². The first-order chi connectivity index (χ1) is 15.9. The van der Waals surface area contributed by atoms with Gasteiger partial charge in [0, 0.05) is 30.1 Å². The van der Waals surface area contributed by atoms with E-state index < -0.39 is 10.0 Å². The van der Waals surface area contributed by atoms with Crippen molar-refractivity contribution in [2.24, 2.45) is 0 Å². The summed E-state index contributed by atoms with van der Waals surface area (Å²) in [5, 5.41) is 4.54. The molecule has 34 heavy (non-hydrogen) atoms. The fourth-order valence-corrected chi connectivity index (χ4v) is 6.17. The van der Waals surface area contributed by atoms with E-state index in [-0.39, 0.29) is 36.2 Å². The second kappa shape index (κ2) is 12.1. The van der Waals surface area contributed by atoms with Crippen molar-refractivity contribution < 1.29 is 17.9 Å². The van der Waals surface area contributed by atoms with Crippen molar-refractivity contribution in [1.82, 2.24) is 10.0 Å². The van der Waals surface area contributed by atoms with Gasteiger partial charge in [0.2, 0.25) is 10.0 Å². The van der Waals surface area contributed by atoms with Gasteiger partial charge in [0.15, 0.2) is 0 Å². The van der Waals surface area contributed by atoms with Crippen LogP contribution in [0, 0.1) is 0 Å². The molecule has 1 heterocycles. The summed E-state index contributed by atoms with van der Waals surface area (Å²) in [6.07, 6.45) is 4.93. The zero-order chi connectivity index (χ0) is 23.3. The molecule has 0 bridgehead atoms. The Morgan fingerprint density at radius 2 is 1.91 bits per heavy atom. The van der Waals surface area contributed by atoms with Crippen LogP contribution in [0.1, 0.15) is 48.4 Å². The number of sulfonamides is 1. The molecule has 188 valence electrons. The van der Waals surface area contributed by atoms with Crippen LogP contribution in [0.4, 0.5) is 0 Å². The van der Waals surface area contributed by atoms with E-state index in [1.54, 1.807) is 7.11 Å². The first-order valence-electron chi connectivity index (χ1n) is 11.6. The minimum Gasteiger partial charge on any atom is -0.494 e. The van der Waals surface area contributed by atoms with Gasteiger partial charge in [0.1, 0.15) is 5.75 Å². The molecule has 0 saturated heterocycles. The number of methoxy groups -OCH3 is 1. The number of ether oxygens (including phenoxy) is 2. The Kier molecular flexibility index (Phi) is 9.66. The van der Waals surface area contributed by atoms with Crippen molar-refractivity contribution in [2.75, 3.05) is 39.2 Å². The van der Waals surface area contributed by atoms with Gasteiger partial charge in [0.05, 0.1) is 19.0 Å². The number of hydrogen-bond acceptors (Lipinski definition) is 5. The molecule has 9 heteroatoms. The van der Waals surface area contributed by atoms with Crippen LogP contribution in [-0.4, -0.2) is 47.6 Å². The number of hydrogen-bond donors (Lipinski definition) is 2. The molecule has 4 rings (SSSR count). The molecule has 6 nitrogen and oxygen atoms in total. The lowest BCUT2D eigenvalue weighted by molar-refractivity contribution is 0.164. The maximum Gasteiger partial charge on any atom is 0.211 e. The van der Waals surface area contributed by atoms with Crippen LogP contribution in [0.2, 0.25) is 5.02 Å². The third kappa shape index (κ3) is 6.25. The Balaban J connectivity index is 0.00000324. The van der Waals surface area contributed by atoms with Crippen LogP contribution < -0.4 is 14.8 Å². The molecule has 1 aliphatic carbocycles. The topological polar surface area (TPSA) is 76.7 Å². The highest BCUT2D eigenvalue weighted by molar-refractivity contribution is 7.89. The van der Waals surface area contributed by atoms with Crippen molar-refractivity contribution in [2.45, 2.75) is 43.6 Å². The second-order valence-electron chi connectivity index (χ2n) is 8.92. The molecular formula is C25H34Cl2N2O4S. The molecule has 1 saturated carbocycles. The fraction of sp³-hybridized carbons (Fsp3) is 0.520. The van der Waals surface area contributed by atoms with Crippen LogP contribution in [-0.2, 0) is 26.6 Å². The summed E-state index contributed by atoms with van der Waals surface area (Å²) in [6, 6.07) is 14.8. The predicted molar refractivity (Wildman–Crippen MR) is 139 cm³/mol. The standard InChI is InChI=1S/C25H33ClN2O4S.ClH/c1-31-16-14-28-33(29,30)17-3-15-32-22-9-4-19-10-13-27-24(23(19)18-22)25(11-2-12-25)20-5-7-21(26)8-6-20;/h4-9,18,24,27-28H,2-3,10-17H2,1H3;1H. The van der Waals surface area contributed by atoms with Crippen molar-refractivity contribution in [3.63, 3.8) is 0 Å². The third-order valence-electron chi connectivity index (χ3n) is 6.84. The zero-order valence-corrected chi connectivity index (χ0v) is 21.9. The van der Waals surface area contributed by atoms with Gasteiger partial charge in [-0.2, -0.15) is 0 Å². The van der Waals surface area contributed by atoms with E-state index in [0.717, 1.165) is 36.6 Å². The minimum absolute atomic E-state index is 0. The Bertz CT molecular complexity index is 1040. The van der Waals surface area contributed by atoms with E-state index >= 15 is 0 Å². The summed E-state index contributed by atoms with van der Waals surface area (Å²) >= 11 is 6.15. The van der Waals surface area contributed by atoms with E-state index in [9.17, 15) is 8.42 Å². The molecule has 0 amide bonds. The van der Waals surface area contributed by atoms with E-state index in [1.807, 2.05) is 18.2 Å². The largest absolute Gasteiger partial charge is 0.494 e. The average Bonchev–Trinajstić information content (AvgIpc) is 2.77. The SMILES string of the molecule is COCCNS(=O)(=O)CCCOc1ccc2c(c1)C(C1(c3ccc(Cl)cc3)CCC1)NCC2.Cl. The molecule has 2 N–H and O–H groups in total. The molecule has 0 spiro atoms. The molecule has 1 fully saturated rings. The molecule has 2 aliphatic rings. The fourth-order valence-electron chi connectivity index (χ4n) is 5.01. The van der Waals surface area contributed by atoms with Crippen LogP contribution >= 0.6 is 24.0 Å². The van der Waals surface area contributed by atoms with Gasteiger partial charge in [-0.15, -0.1) is 12.4 Å². The van der Waals surface area contributed by atoms with Gasteiger partial charge in [-0.1, -0.05) is 36.2 Å². The Morgan fingerprint density at radius 1 is 1.15 bits per heavy atom. The van der Waals surface area contributed by atoms with E-state index in [2.05, 4.69) is 34.3 Å². The van der Waals surface area contributed by atoms with Crippen molar-refractivity contribution >= 4 is 34.0 Å². The average molecular weight is 530 g/mol. The summed E-state index contributed by atoms with van der Waals surface area (Å²) in [6.45, 7) is 1.96. The van der Waals surface area contributed by atoms with Crippen LogP contribution in [0.15, 0.2) is 42.5 Å². The van der Waals surface area contributed by atoms with Gasteiger partial charge >= 0.3 is 0 Å². The minimum atomic E-state index is -3.31. The molecular weight excluding hydrogens is 495 g/mol. The third-order valence-corrected chi connectivity index (χ3v) is 8.56. The number of benzene rings is 2. The van der Waals surface area contributed by atoms with E-state index in [1.165, 1.54) is 23.1 Å². The number of fused-ring (bicyclic) bond motifs is 1. The first-order valence-corrected chi connectivity index (χ1v) is 13.7. The summed E-state index contributed by atoms with van der Waals surface area (Å²) in [7, 11) is -1.76. The molecule has 2 aromatic carbocycles. The van der Waals surface area contributed by atoms with Gasteiger partial charge in [0.25, 0.3) is 0 Å². The lowest BCUT2D eigenvalue weighted by Gasteiger charge is -2.50. The van der Waals surface area contributed by atoms with Crippen molar-refractivity contribution in [1.29, 1.82) is 0 Å². The quantitative estimate of drug-likeness (QED) is 0.422. The molecule has 1 unspecified atom stereocenters. The van der Waals surface area contributed by atoms with Crippen molar-refractivity contribution in [3.8, 4) is 5.75 Å². The molecule has 1 atom stereocenters. The Labute approximate surface area is 214 Å².